The highest BCUT2D eigenvalue weighted by Gasteiger charge is 2.29. The third-order valence-electron chi connectivity index (χ3n) is 5.77. The molecule has 2 aliphatic rings. The number of rotatable bonds is 5. The van der Waals surface area contributed by atoms with Gasteiger partial charge in [0, 0.05) is 32.5 Å². The van der Waals surface area contributed by atoms with E-state index in [1.807, 2.05) is 20.2 Å². The SMILES string of the molecule is CC1C=C(C(=O)N2CCOCC2)C(F)=C(Cn2ncc3cnc(Nc4cnn(C)c4)nc32)C1. The van der Waals surface area contributed by atoms with Crippen molar-refractivity contribution in [2.75, 3.05) is 31.6 Å². The molecule has 10 nitrogen and oxygen atoms in total. The van der Waals surface area contributed by atoms with Gasteiger partial charge in [-0.3, -0.25) is 9.48 Å². The van der Waals surface area contributed by atoms with Gasteiger partial charge in [-0.15, -0.1) is 0 Å². The van der Waals surface area contributed by atoms with Crippen molar-refractivity contribution in [2.24, 2.45) is 13.0 Å². The highest BCUT2D eigenvalue weighted by atomic mass is 19.1. The van der Waals surface area contributed by atoms with E-state index >= 15 is 4.39 Å². The number of nitrogens with one attached hydrogen (secondary N) is 1. The Balaban J connectivity index is 1.41. The maximum absolute atomic E-state index is 15.5. The number of carbonyl (C=O) groups is 1. The van der Waals surface area contributed by atoms with Crippen LogP contribution in [-0.2, 0) is 23.1 Å². The van der Waals surface area contributed by atoms with Gasteiger partial charge in [0.05, 0.1) is 48.8 Å². The number of hydrogen-bond donors (Lipinski definition) is 1. The maximum Gasteiger partial charge on any atom is 0.256 e. The van der Waals surface area contributed by atoms with Crippen LogP contribution in [0.5, 0.6) is 0 Å². The number of halogens is 1. The molecule has 1 unspecified atom stereocenters. The second-order valence-electron chi connectivity index (χ2n) is 8.39. The van der Waals surface area contributed by atoms with Crippen LogP contribution in [0.4, 0.5) is 16.0 Å². The molecule has 1 aliphatic carbocycles. The van der Waals surface area contributed by atoms with E-state index in [-0.39, 0.29) is 23.9 Å². The molecule has 0 saturated carbocycles. The van der Waals surface area contributed by atoms with E-state index in [0.717, 1.165) is 11.1 Å². The smallest absolute Gasteiger partial charge is 0.256 e. The lowest BCUT2D eigenvalue weighted by molar-refractivity contribution is -0.131. The first kappa shape index (κ1) is 21.3. The van der Waals surface area contributed by atoms with E-state index in [1.54, 1.807) is 38.9 Å². The molecule has 0 bridgehead atoms. The van der Waals surface area contributed by atoms with Crippen molar-refractivity contribution in [3.05, 3.63) is 47.8 Å². The minimum absolute atomic E-state index is 0.0405. The molecule has 3 aromatic rings. The van der Waals surface area contributed by atoms with Gasteiger partial charge >= 0.3 is 0 Å². The van der Waals surface area contributed by atoms with Gasteiger partial charge in [-0.2, -0.15) is 15.2 Å². The van der Waals surface area contributed by atoms with E-state index in [2.05, 4.69) is 25.5 Å². The first-order valence-electron chi connectivity index (χ1n) is 10.9. The number of carbonyl (C=O) groups excluding carboxylic acids is 1. The largest absolute Gasteiger partial charge is 0.378 e. The molecule has 172 valence electrons. The first-order chi connectivity index (χ1) is 16.0. The minimum atomic E-state index is -0.462. The summed E-state index contributed by atoms with van der Waals surface area (Å²) in [5.74, 6) is -0.308. The molecular weight excluding hydrogens is 427 g/mol. The number of anilines is 2. The Hall–Kier alpha value is -3.60. The van der Waals surface area contributed by atoms with Gasteiger partial charge in [0.1, 0.15) is 5.83 Å². The number of hydrogen-bond acceptors (Lipinski definition) is 7. The standard InChI is InChI=1S/C22H25FN8O2/c1-14-7-15(19(23)18(8-14)21(32)30-3-5-33-6-4-30)12-31-20-16(10-26-31)9-24-22(28-20)27-17-11-25-29(2)13-17/h8-11,13-14H,3-7,12H2,1-2H3,(H,24,27,28). The van der Waals surface area contributed by atoms with Crippen LogP contribution in [0, 0.1) is 5.92 Å². The van der Waals surface area contributed by atoms with Crippen molar-refractivity contribution >= 4 is 28.6 Å². The Kier molecular flexibility index (Phi) is 5.63. The highest BCUT2D eigenvalue weighted by Crippen LogP contribution is 2.32. The normalized spacial score (nSPS) is 19.2. The summed E-state index contributed by atoms with van der Waals surface area (Å²) < 4.78 is 24.1. The van der Waals surface area contributed by atoms with Gasteiger partial charge in [0.15, 0.2) is 5.65 Å². The summed E-state index contributed by atoms with van der Waals surface area (Å²) in [4.78, 5) is 23.5. The van der Waals surface area contributed by atoms with Gasteiger partial charge in [0.25, 0.3) is 5.91 Å². The summed E-state index contributed by atoms with van der Waals surface area (Å²) in [6, 6.07) is 0. The Morgan fingerprint density at radius 2 is 2.06 bits per heavy atom. The van der Waals surface area contributed by atoms with Gasteiger partial charge in [-0.1, -0.05) is 13.0 Å². The van der Waals surface area contributed by atoms with Crippen LogP contribution < -0.4 is 5.32 Å². The molecule has 1 atom stereocenters. The summed E-state index contributed by atoms with van der Waals surface area (Å²) in [6.45, 7) is 4.08. The van der Waals surface area contributed by atoms with Gasteiger partial charge in [0.2, 0.25) is 5.95 Å². The van der Waals surface area contributed by atoms with Gasteiger partial charge < -0.3 is 15.0 Å². The first-order valence-corrected chi connectivity index (χ1v) is 10.9. The molecule has 0 spiro atoms. The monoisotopic (exact) mass is 452 g/mol. The predicted octanol–water partition coefficient (Wildman–Crippen LogP) is 2.35. The average Bonchev–Trinajstić information content (AvgIpc) is 3.41. The van der Waals surface area contributed by atoms with Crippen molar-refractivity contribution < 1.29 is 13.9 Å². The maximum atomic E-state index is 15.5. The van der Waals surface area contributed by atoms with Crippen LogP contribution in [0.3, 0.4) is 0 Å². The molecule has 1 aliphatic heterocycles. The van der Waals surface area contributed by atoms with Gasteiger partial charge in [-0.05, 0) is 17.9 Å². The third-order valence-corrected chi connectivity index (χ3v) is 5.77. The summed E-state index contributed by atoms with van der Waals surface area (Å²) in [5.41, 5.74) is 2.01. The summed E-state index contributed by atoms with van der Waals surface area (Å²) in [6.07, 6.45) is 9.06. The fraction of sp³-hybridized carbons (Fsp3) is 0.409. The second-order valence-corrected chi connectivity index (χ2v) is 8.39. The highest BCUT2D eigenvalue weighted by molar-refractivity contribution is 5.97. The van der Waals surface area contributed by atoms with Crippen LogP contribution in [0.1, 0.15) is 13.3 Å². The van der Waals surface area contributed by atoms with E-state index < -0.39 is 5.83 Å². The predicted molar refractivity (Wildman–Crippen MR) is 119 cm³/mol. The summed E-state index contributed by atoms with van der Waals surface area (Å²) in [5, 5.41) is 12.4. The lowest BCUT2D eigenvalue weighted by Crippen LogP contribution is -2.42. The minimum Gasteiger partial charge on any atom is -0.378 e. The number of allylic oxidation sites excluding steroid dienone is 2. The Bertz CT molecular complexity index is 1250. The van der Waals surface area contributed by atoms with Crippen LogP contribution in [0.25, 0.3) is 11.0 Å². The zero-order valence-corrected chi connectivity index (χ0v) is 18.5. The molecule has 1 fully saturated rings. The molecule has 0 radical (unpaired) electrons. The van der Waals surface area contributed by atoms with E-state index in [1.165, 1.54) is 0 Å². The van der Waals surface area contributed by atoms with Crippen molar-refractivity contribution in [3.8, 4) is 0 Å². The van der Waals surface area contributed by atoms with Gasteiger partial charge in [-0.25, -0.2) is 14.1 Å². The van der Waals surface area contributed by atoms with Crippen LogP contribution in [0.15, 0.2) is 47.8 Å². The van der Waals surface area contributed by atoms with Crippen molar-refractivity contribution in [1.29, 1.82) is 0 Å². The zero-order valence-electron chi connectivity index (χ0n) is 18.5. The molecule has 5 rings (SSSR count). The Labute approximate surface area is 189 Å². The zero-order chi connectivity index (χ0) is 22.9. The topological polar surface area (TPSA) is 103 Å². The van der Waals surface area contributed by atoms with E-state index in [9.17, 15) is 4.79 Å². The third kappa shape index (κ3) is 4.36. The van der Waals surface area contributed by atoms with Crippen molar-refractivity contribution in [1.82, 2.24) is 34.4 Å². The van der Waals surface area contributed by atoms with Crippen LogP contribution >= 0.6 is 0 Å². The molecule has 1 N–H and O–H groups in total. The quantitative estimate of drug-likeness (QED) is 0.634. The van der Waals surface area contributed by atoms with E-state index in [0.29, 0.717) is 49.9 Å². The summed E-state index contributed by atoms with van der Waals surface area (Å²) in [7, 11) is 1.82. The number of aromatic nitrogens is 6. The number of fused-ring (bicyclic) bond motifs is 1. The lowest BCUT2D eigenvalue weighted by Gasteiger charge is -2.29. The lowest BCUT2D eigenvalue weighted by atomic mass is 9.90. The molecule has 33 heavy (non-hydrogen) atoms. The fourth-order valence-electron chi connectivity index (χ4n) is 4.16. The number of aryl methyl sites for hydroxylation is 1. The number of nitrogens with zero attached hydrogens (tertiary/aromatic N) is 7. The number of morpholine rings is 1. The molecular formula is C22H25FN8O2. The molecule has 4 heterocycles. The summed E-state index contributed by atoms with van der Waals surface area (Å²) >= 11 is 0. The van der Waals surface area contributed by atoms with Crippen molar-refractivity contribution in [3.63, 3.8) is 0 Å². The molecule has 0 aromatic carbocycles. The van der Waals surface area contributed by atoms with Crippen LogP contribution in [0.2, 0.25) is 0 Å². The number of amides is 1. The molecule has 3 aromatic heterocycles. The van der Waals surface area contributed by atoms with E-state index in [4.69, 9.17) is 4.74 Å². The van der Waals surface area contributed by atoms with Crippen molar-refractivity contribution in [2.45, 2.75) is 19.9 Å². The number of ether oxygens (including phenoxy) is 1. The molecule has 11 heteroatoms. The Morgan fingerprint density at radius 1 is 1.24 bits per heavy atom. The Morgan fingerprint density at radius 3 is 2.82 bits per heavy atom. The molecule has 1 saturated heterocycles. The second kappa shape index (κ2) is 8.74. The average molecular weight is 452 g/mol. The van der Waals surface area contributed by atoms with Crippen LogP contribution in [-0.4, -0.2) is 66.6 Å². The molecule has 1 amide bonds. The fourth-order valence-corrected chi connectivity index (χ4v) is 4.16.